The summed E-state index contributed by atoms with van der Waals surface area (Å²) in [4.78, 5) is 28.7. The van der Waals surface area contributed by atoms with Crippen LogP contribution in [-0.2, 0) is 0 Å². The number of rotatable bonds is 5. The third-order valence-corrected chi connectivity index (χ3v) is 4.14. The van der Waals surface area contributed by atoms with Gasteiger partial charge in [-0.05, 0) is 48.0 Å². The van der Waals surface area contributed by atoms with Gasteiger partial charge in [-0.15, -0.1) is 0 Å². The number of anilines is 1. The molecular weight excluding hydrogens is 427 g/mol. The standard InChI is InChI=1S/C20H14BrFN4O2/c21-15-4-5-18(25-19(27)14-6-8-23-9-7-14)17(11-15)20(28)26-24-12-13-2-1-3-16(22)10-13/h1-12H,(H,25,27)(H,26,28). The zero-order chi connectivity index (χ0) is 19.9. The van der Waals surface area contributed by atoms with Gasteiger partial charge in [0, 0.05) is 22.4 Å². The SMILES string of the molecule is O=C(Nc1ccc(Br)cc1C(=O)NN=Cc1cccc(F)c1)c1ccncc1. The molecule has 0 fully saturated rings. The van der Waals surface area contributed by atoms with Crippen LogP contribution in [-0.4, -0.2) is 23.0 Å². The van der Waals surface area contributed by atoms with E-state index in [-0.39, 0.29) is 11.5 Å². The molecular formula is C20H14BrFN4O2. The van der Waals surface area contributed by atoms with Gasteiger partial charge in [-0.1, -0.05) is 28.1 Å². The van der Waals surface area contributed by atoms with Crippen molar-refractivity contribution in [1.29, 1.82) is 0 Å². The van der Waals surface area contributed by atoms with Crippen molar-refractivity contribution in [1.82, 2.24) is 10.4 Å². The maximum Gasteiger partial charge on any atom is 0.273 e. The molecule has 1 heterocycles. The fourth-order valence-electron chi connectivity index (χ4n) is 2.32. The number of hydrogen-bond acceptors (Lipinski definition) is 4. The molecule has 8 heteroatoms. The minimum absolute atomic E-state index is 0.216. The molecule has 2 aromatic carbocycles. The molecule has 3 aromatic rings. The Hall–Kier alpha value is -3.39. The molecule has 0 bridgehead atoms. The van der Waals surface area contributed by atoms with Crippen molar-refractivity contribution >= 4 is 39.6 Å². The molecule has 28 heavy (non-hydrogen) atoms. The summed E-state index contributed by atoms with van der Waals surface area (Å²) in [7, 11) is 0. The van der Waals surface area contributed by atoms with Gasteiger partial charge in [0.2, 0.25) is 0 Å². The molecule has 0 radical (unpaired) electrons. The third kappa shape index (κ3) is 5.08. The van der Waals surface area contributed by atoms with Gasteiger partial charge in [0.15, 0.2) is 0 Å². The number of halogens is 2. The van der Waals surface area contributed by atoms with Gasteiger partial charge in [-0.2, -0.15) is 5.10 Å². The van der Waals surface area contributed by atoms with Gasteiger partial charge in [0.25, 0.3) is 11.8 Å². The number of amides is 2. The molecule has 0 aliphatic carbocycles. The van der Waals surface area contributed by atoms with E-state index in [1.54, 1.807) is 42.5 Å². The number of aromatic nitrogens is 1. The lowest BCUT2D eigenvalue weighted by atomic mass is 10.1. The molecule has 0 atom stereocenters. The van der Waals surface area contributed by atoms with Crippen LogP contribution >= 0.6 is 15.9 Å². The van der Waals surface area contributed by atoms with Gasteiger partial charge < -0.3 is 5.32 Å². The number of hydrazone groups is 1. The van der Waals surface area contributed by atoms with Crippen molar-refractivity contribution in [2.75, 3.05) is 5.32 Å². The first kappa shape index (κ1) is 19.4. The number of nitrogens with zero attached hydrogens (tertiary/aromatic N) is 2. The monoisotopic (exact) mass is 440 g/mol. The smallest absolute Gasteiger partial charge is 0.273 e. The number of benzene rings is 2. The summed E-state index contributed by atoms with van der Waals surface area (Å²) in [5.41, 5.74) is 3.82. The summed E-state index contributed by atoms with van der Waals surface area (Å²) >= 11 is 3.31. The average molecular weight is 441 g/mol. The van der Waals surface area contributed by atoms with Crippen LogP contribution in [0.2, 0.25) is 0 Å². The number of hydrogen-bond donors (Lipinski definition) is 2. The maximum atomic E-state index is 13.2. The molecule has 0 spiro atoms. The Kier molecular flexibility index (Phi) is 6.23. The number of pyridine rings is 1. The van der Waals surface area contributed by atoms with E-state index < -0.39 is 11.7 Å². The zero-order valence-corrected chi connectivity index (χ0v) is 16.0. The van der Waals surface area contributed by atoms with Crippen molar-refractivity contribution in [2.45, 2.75) is 0 Å². The molecule has 0 unspecified atom stereocenters. The molecule has 2 amide bonds. The molecule has 6 nitrogen and oxygen atoms in total. The van der Waals surface area contributed by atoms with Crippen LogP contribution in [0, 0.1) is 5.82 Å². The van der Waals surface area contributed by atoms with Crippen molar-refractivity contribution in [3.63, 3.8) is 0 Å². The molecule has 0 saturated carbocycles. The molecule has 0 saturated heterocycles. The average Bonchev–Trinajstić information content (AvgIpc) is 2.70. The normalized spacial score (nSPS) is 10.6. The Bertz CT molecular complexity index is 1040. The number of nitrogens with one attached hydrogen (secondary N) is 2. The fraction of sp³-hybridized carbons (Fsp3) is 0. The molecule has 3 rings (SSSR count). The Labute approximate surface area is 168 Å². The van der Waals surface area contributed by atoms with E-state index >= 15 is 0 Å². The number of carbonyl (C=O) groups excluding carboxylic acids is 2. The highest BCUT2D eigenvalue weighted by atomic mass is 79.9. The van der Waals surface area contributed by atoms with Crippen LogP contribution in [0.3, 0.4) is 0 Å². The van der Waals surface area contributed by atoms with Gasteiger partial charge in [-0.3, -0.25) is 14.6 Å². The first-order valence-corrected chi connectivity index (χ1v) is 8.92. The first-order valence-electron chi connectivity index (χ1n) is 8.13. The highest BCUT2D eigenvalue weighted by molar-refractivity contribution is 9.10. The van der Waals surface area contributed by atoms with E-state index in [0.717, 1.165) is 0 Å². The Morgan fingerprint density at radius 3 is 2.57 bits per heavy atom. The van der Waals surface area contributed by atoms with Crippen LogP contribution in [0.5, 0.6) is 0 Å². The molecule has 0 aliphatic rings. The van der Waals surface area contributed by atoms with E-state index in [9.17, 15) is 14.0 Å². The molecule has 2 N–H and O–H groups in total. The lowest BCUT2D eigenvalue weighted by molar-refractivity contribution is 0.0956. The fourth-order valence-corrected chi connectivity index (χ4v) is 2.68. The largest absolute Gasteiger partial charge is 0.321 e. The second-order valence-electron chi connectivity index (χ2n) is 5.63. The summed E-state index contributed by atoms with van der Waals surface area (Å²) in [6.07, 6.45) is 4.34. The molecule has 140 valence electrons. The van der Waals surface area contributed by atoms with Crippen LogP contribution in [0.4, 0.5) is 10.1 Å². The van der Waals surface area contributed by atoms with Gasteiger partial charge in [0.05, 0.1) is 17.5 Å². The van der Waals surface area contributed by atoms with Crippen molar-refractivity contribution < 1.29 is 14.0 Å². The van der Waals surface area contributed by atoms with Gasteiger partial charge in [-0.25, -0.2) is 9.82 Å². The van der Waals surface area contributed by atoms with E-state index in [1.165, 1.54) is 30.7 Å². The van der Waals surface area contributed by atoms with Crippen LogP contribution < -0.4 is 10.7 Å². The Morgan fingerprint density at radius 2 is 1.82 bits per heavy atom. The summed E-state index contributed by atoms with van der Waals surface area (Å²) in [6.45, 7) is 0. The van der Waals surface area contributed by atoms with E-state index in [1.807, 2.05) is 0 Å². The second kappa shape index (κ2) is 9.01. The second-order valence-corrected chi connectivity index (χ2v) is 6.55. The maximum absolute atomic E-state index is 13.2. The lowest BCUT2D eigenvalue weighted by Crippen LogP contribution is -2.21. The van der Waals surface area contributed by atoms with Gasteiger partial charge in [0.1, 0.15) is 5.82 Å². The molecule has 0 aliphatic heterocycles. The minimum atomic E-state index is -0.529. The van der Waals surface area contributed by atoms with E-state index in [4.69, 9.17) is 0 Å². The minimum Gasteiger partial charge on any atom is -0.321 e. The van der Waals surface area contributed by atoms with E-state index in [2.05, 4.69) is 36.8 Å². The zero-order valence-electron chi connectivity index (χ0n) is 14.4. The Morgan fingerprint density at radius 1 is 1.04 bits per heavy atom. The number of carbonyl (C=O) groups is 2. The van der Waals surface area contributed by atoms with Crippen LogP contribution in [0.25, 0.3) is 0 Å². The van der Waals surface area contributed by atoms with Gasteiger partial charge >= 0.3 is 0 Å². The lowest BCUT2D eigenvalue weighted by Gasteiger charge is -2.10. The first-order chi connectivity index (χ1) is 13.5. The summed E-state index contributed by atoms with van der Waals surface area (Å²) < 4.78 is 13.8. The predicted molar refractivity (Wildman–Crippen MR) is 108 cm³/mol. The topological polar surface area (TPSA) is 83.5 Å². The quantitative estimate of drug-likeness (QED) is 0.464. The molecule has 1 aromatic heterocycles. The van der Waals surface area contributed by atoms with Crippen molar-refractivity contribution in [3.05, 3.63) is 94.0 Å². The van der Waals surface area contributed by atoms with Crippen LogP contribution in [0.1, 0.15) is 26.3 Å². The van der Waals surface area contributed by atoms with Crippen molar-refractivity contribution in [3.8, 4) is 0 Å². The third-order valence-electron chi connectivity index (χ3n) is 3.65. The van der Waals surface area contributed by atoms with Crippen molar-refractivity contribution in [2.24, 2.45) is 5.10 Å². The summed E-state index contributed by atoms with van der Waals surface area (Å²) in [5, 5.41) is 6.54. The van der Waals surface area contributed by atoms with Crippen LogP contribution in [0.15, 0.2) is 76.6 Å². The summed E-state index contributed by atoms with van der Waals surface area (Å²) in [6, 6.07) is 13.8. The highest BCUT2D eigenvalue weighted by Crippen LogP contribution is 2.22. The Balaban J connectivity index is 1.76. The predicted octanol–water partition coefficient (Wildman–Crippen LogP) is 4.00. The van der Waals surface area contributed by atoms with E-state index in [0.29, 0.717) is 21.3 Å². The summed E-state index contributed by atoms with van der Waals surface area (Å²) in [5.74, 6) is -1.30. The highest BCUT2D eigenvalue weighted by Gasteiger charge is 2.15.